The van der Waals surface area contributed by atoms with Gasteiger partial charge in [-0.1, -0.05) is 0 Å². The molecular formula is C17H13F3N2O5. The average Bonchev–Trinajstić information content (AvgIpc) is 3.03. The molecule has 2 amide bonds. The number of nitrogens with zero attached hydrogens (tertiary/aromatic N) is 1. The lowest BCUT2D eigenvalue weighted by molar-refractivity contribution is -0.137. The Morgan fingerprint density at radius 3 is 2.67 bits per heavy atom. The molecule has 0 spiro atoms. The van der Waals surface area contributed by atoms with Crippen molar-refractivity contribution in [2.75, 3.05) is 23.4 Å². The average molecular weight is 382 g/mol. The van der Waals surface area contributed by atoms with Gasteiger partial charge in [0.25, 0.3) is 5.91 Å². The van der Waals surface area contributed by atoms with Crippen molar-refractivity contribution in [3.63, 3.8) is 0 Å². The molecule has 2 heterocycles. The molecule has 1 aliphatic heterocycles. The fourth-order valence-corrected chi connectivity index (χ4v) is 2.57. The number of rotatable bonds is 3. The van der Waals surface area contributed by atoms with Gasteiger partial charge in [-0.3, -0.25) is 14.5 Å². The highest BCUT2D eigenvalue weighted by Crippen LogP contribution is 2.36. The van der Waals surface area contributed by atoms with E-state index in [1.807, 2.05) is 0 Å². The fraction of sp³-hybridized carbons (Fsp3) is 0.235. The van der Waals surface area contributed by atoms with Gasteiger partial charge in [0.1, 0.15) is 17.9 Å². The van der Waals surface area contributed by atoms with Crippen molar-refractivity contribution in [1.29, 1.82) is 0 Å². The van der Waals surface area contributed by atoms with E-state index in [9.17, 15) is 27.6 Å². The van der Waals surface area contributed by atoms with Crippen LogP contribution in [0.1, 0.15) is 21.7 Å². The normalized spacial score (nSPS) is 13.8. The first-order chi connectivity index (χ1) is 12.7. The number of hydrogen-bond acceptors (Lipinski definition) is 5. The molecule has 0 unspecified atom stereocenters. The van der Waals surface area contributed by atoms with Gasteiger partial charge in [-0.2, -0.15) is 13.2 Å². The Morgan fingerprint density at radius 2 is 2.04 bits per heavy atom. The number of halogens is 3. The third kappa shape index (κ3) is 3.78. The summed E-state index contributed by atoms with van der Waals surface area (Å²) in [5.74, 6) is -1.88. The van der Waals surface area contributed by atoms with Crippen LogP contribution in [0, 0.1) is 6.92 Å². The van der Waals surface area contributed by atoms with Crippen molar-refractivity contribution in [3.8, 4) is 0 Å². The van der Waals surface area contributed by atoms with Crippen molar-refractivity contribution in [2.24, 2.45) is 0 Å². The van der Waals surface area contributed by atoms with Gasteiger partial charge in [-0.25, -0.2) is 4.79 Å². The van der Waals surface area contributed by atoms with Crippen molar-refractivity contribution < 1.29 is 36.7 Å². The number of fused-ring (bicyclic) bond motifs is 1. The number of carbonyl (C=O) groups is 3. The number of amides is 2. The van der Waals surface area contributed by atoms with Crippen LogP contribution in [0.25, 0.3) is 0 Å². The van der Waals surface area contributed by atoms with E-state index in [0.717, 1.165) is 23.1 Å². The van der Waals surface area contributed by atoms with Crippen LogP contribution in [0.5, 0.6) is 0 Å². The predicted molar refractivity (Wildman–Crippen MR) is 86.2 cm³/mol. The number of ether oxygens (including phenoxy) is 1. The van der Waals surface area contributed by atoms with Gasteiger partial charge in [0.05, 0.1) is 23.2 Å². The van der Waals surface area contributed by atoms with Crippen molar-refractivity contribution in [2.45, 2.75) is 13.1 Å². The molecule has 1 aromatic heterocycles. The maximum absolute atomic E-state index is 12.8. The summed E-state index contributed by atoms with van der Waals surface area (Å²) in [5, 5.41) is 2.30. The van der Waals surface area contributed by atoms with Gasteiger partial charge >= 0.3 is 12.1 Å². The first kappa shape index (κ1) is 18.5. The Bertz CT molecular complexity index is 920. The largest absolute Gasteiger partial charge is 0.469 e. The number of alkyl halides is 3. The minimum atomic E-state index is -4.59. The standard InChI is InChI=1S/C17H13F3N2O5/c1-9-11(4-5-26-9)16(25)27-8-15(24)22-7-14(23)21-12-6-10(17(18,19)20)2-3-13(12)22/h2-6H,7-8H2,1H3,(H,21,23). The number of benzene rings is 1. The fourth-order valence-electron chi connectivity index (χ4n) is 2.57. The van der Waals surface area contributed by atoms with Crippen LogP contribution in [0.4, 0.5) is 24.5 Å². The number of carbonyl (C=O) groups excluding carboxylic acids is 3. The summed E-state index contributed by atoms with van der Waals surface area (Å²) in [6.45, 7) is 0.457. The zero-order valence-electron chi connectivity index (χ0n) is 13.9. The molecule has 7 nitrogen and oxygen atoms in total. The van der Waals surface area contributed by atoms with Crippen LogP contribution in [0.3, 0.4) is 0 Å². The second-order valence-electron chi connectivity index (χ2n) is 5.72. The van der Waals surface area contributed by atoms with Crippen molar-refractivity contribution >= 4 is 29.2 Å². The van der Waals surface area contributed by atoms with E-state index in [0.29, 0.717) is 5.76 Å². The maximum Gasteiger partial charge on any atom is 0.416 e. The predicted octanol–water partition coefficient (Wildman–Crippen LogP) is 2.75. The molecule has 1 N–H and O–H groups in total. The zero-order chi connectivity index (χ0) is 19.8. The summed E-state index contributed by atoms with van der Waals surface area (Å²) in [7, 11) is 0. The third-order valence-electron chi connectivity index (χ3n) is 3.90. The number of aryl methyl sites for hydroxylation is 1. The molecule has 0 fully saturated rings. The van der Waals surface area contributed by atoms with Crippen LogP contribution in [0.2, 0.25) is 0 Å². The molecule has 1 aromatic carbocycles. The van der Waals surface area contributed by atoms with Crippen LogP contribution in [0.15, 0.2) is 34.9 Å². The van der Waals surface area contributed by atoms with Crippen LogP contribution >= 0.6 is 0 Å². The quantitative estimate of drug-likeness (QED) is 0.825. The molecule has 2 aromatic rings. The molecule has 0 bridgehead atoms. The van der Waals surface area contributed by atoms with Gasteiger partial charge in [-0.05, 0) is 31.2 Å². The number of hydrogen-bond donors (Lipinski definition) is 1. The van der Waals surface area contributed by atoms with Crippen molar-refractivity contribution in [1.82, 2.24) is 0 Å². The van der Waals surface area contributed by atoms with E-state index in [2.05, 4.69) is 5.32 Å². The molecule has 0 aliphatic carbocycles. The Hall–Kier alpha value is -3.30. The smallest absolute Gasteiger partial charge is 0.416 e. The summed E-state index contributed by atoms with van der Waals surface area (Å²) in [5.41, 5.74) is -0.873. The second kappa shape index (κ2) is 6.78. The summed E-state index contributed by atoms with van der Waals surface area (Å²) >= 11 is 0. The molecule has 0 atom stereocenters. The zero-order valence-corrected chi connectivity index (χ0v) is 13.9. The minimum Gasteiger partial charge on any atom is -0.469 e. The van der Waals surface area contributed by atoms with Gasteiger partial charge < -0.3 is 14.5 Å². The first-order valence-electron chi connectivity index (χ1n) is 7.69. The lowest BCUT2D eigenvalue weighted by Crippen LogP contribution is -2.44. The summed E-state index contributed by atoms with van der Waals surface area (Å²) < 4.78 is 48.4. The lowest BCUT2D eigenvalue weighted by Gasteiger charge is -2.29. The van der Waals surface area contributed by atoms with E-state index < -0.39 is 42.7 Å². The SMILES string of the molecule is Cc1occc1C(=O)OCC(=O)N1CC(=O)Nc2cc(C(F)(F)F)ccc21. The van der Waals surface area contributed by atoms with Gasteiger partial charge in [0.2, 0.25) is 5.91 Å². The highest BCUT2D eigenvalue weighted by molar-refractivity contribution is 6.10. The minimum absolute atomic E-state index is 0.0862. The van der Waals surface area contributed by atoms with Crippen LogP contribution in [-0.2, 0) is 20.5 Å². The molecule has 1 aliphatic rings. The van der Waals surface area contributed by atoms with Gasteiger partial charge in [-0.15, -0.1) is 0 Å². The highest BCUT2D eigenvalue weighted by atomic mass is 19.4. The lowest BCUT2D eigenvalue weighted by atomic mass is 10.1. The van der Waals surface area contributed by atoms with Crippen LogP contribution in [-0.4, -0.2) is 30.9 Å². The summed E-state index contributed by atoms with van der Waals surface area (Å²) in [6.07, 6.45) is -3.30. The Labute approximate surface area is 150 Å². The highest BCUT2D eigenvalue weighted by Gasteiger charge is 2.34. The Kier molecular flexibility index (Phi) is 4.64. The Morgan fingerprint density at radius 1 is 1.30 bits per heavy atom. The number of furan rings is 1. The van der Waals surface area contributed by atoms with E-state index in [4.69, 9.17) is 9.15 Å². The topological polar surface area (TPSA) is 88.8 Å². The number of anilines is 2. The van der Waals surface area contributed by atoms with E-state index in [-0.39, 0.29) is 16.9 Å². The monoisotopic (exact) mass is 382 g/mol. The van der Waals surface area contributed by atoms with E-state index in [1.165, 1.54) is 12.3 Å². The number of esters is 1. The summed E-state index contributed by atoms with van der Waals surface area (Å²) in [4.78, 5) is 37.0. The molecule has 27 heavy (non-hydrogen) atoms. The second-order valence-corrected chi connectivity index (χ2v) is 5.72. The Balaban J connectivity index is 1.77. The number of nitrogens with one attached hydrogen (secondary N) is 1. The molecule has 10 heteroatoms. The molecular weight excluding hydrogens is 369 g/mol. The van der Waals surface area contributed by atoms with Gasteiger partial charge in [0, 0.05) is 0 Å². The molecule has 0 radical (unpaired) electrons. The van der Waals surface area contributed by atoms with E-state index in [1.54, 1.807) is 6.92 Å². The van der Waals surface area contributed by atoms with Crippen molar-refractivity contribution in [3.05, 3.63) is 47.4 Å². The first-order valence-corrected chi connectivity index (χ1v) is 7.69. The molecule has 142 valence electrons. The molecule has 0 saturated heterocycles. The molecule has 3 rings (SSSR count). The van der Waals surface area contributed by atoms with E-state index >= 15 is 0 Å². The van der Waals surface area contributed by atoms with Gasteiger partial charge in [0.15, 0.2) is 6.61 Å². The maximum atomic E-state index is 12.8. The van der Waals surface area contributed by atoms with Crippen LogP contribution < -0.4 is 10.2 Å². The molecule has 0 saturated carbocycles. The summed E-state index contributed by atoms with van der Waals surface area (Å²) in [6, 6.07) is 4.01. The third-order valence-corrected chi connectivity index (χ3v) is 3.90.